The molecule has 0 fully saturated rings. The molecule has 0 radical (unpaired) electrons. The number of hydrogen-bond donors (Lipinski definition) is 3. The predicted molar refractivity (Wildman–Crippen MR) is 74.5 cm³/mol. The summed E-state index contributed by atoms with van der Waals surface area (Å²) in [6.45, 7) is 2.37. The topological polar surface area (TPSA) is 111 Å². The van der Waals surface area contributed by atoms with Crippen LogP contribution >= 0.6 is 11.3 Å². The lowest BCUT2D eigenvalue weighted by molar-refractivity contribution is 0.0702. The molecular formula is C12H13N3O3S. The quantitative estimate of drug-likeness (QED) is 0.739. The number of hydrogen-bond acceptors (Lipinski definition) is 6. The van der Waals surface area contributed by atoms with E-state index in [2.05, 4.69) is 4.98 Å². The minimum Gasteiger partial charge on any atom is -0.492 e. The molecule has 0 saturated heterocycles. The van der Waals surface area contributed by atoms with Crippen LogP contribution in [0.3, 0.4) is 0 Å². The Labute approximate surface area is 113 Å². The van der Waals surface area contributed by atoms with Crippen LogP contribution in [0.1, 0.15) is 16.6 Å². The zero-order valence-corrected chi connectivity index (χ0v) is 11.0. The first-order valence-electron chi connectivity index (χ1n) is 5.55. The molecule has 0 unspecified atom stereocenters. The maximum absolute atomic E-state index is 11.1. The third-order valence-electron chi connectivity index (χ3n) is 2.42. The molecule has 0 amide bonds. The van der Waals surface area contributed by atoms with E-state index in [1.165, 1.54) is 0 Å². The van der Waals surface area contributed by atoms with Crippen molar-refractivity contribution in [1.29, 1.82) is 0 Å². The minimum atomic E-state index is -1.06. The highest BCUT2D eigenvalue weighted by Crippen LogP contribution is 2.33. The summed E-state index contributed by atoms with van der Waals surface area (Å²) in [5, 5.41) is 9.32. The molecule has 6 nitrogen and oxygen atoms in total. The van der Waals surface area contributed by atoms with E-state index in [1.807, 2.05) is 6.92 Å². The number of benzene rings is 1. The van der Waals surface area contributed by atoms with Gasteiger partial charge in [0.25, 0.3) is 0 Å². The monoisotopic (exact) mass is 279 g/mol. The predicted octanol–water partition coefficient (Wildman–Crippen LogP) is 2.07. The van der Waals surface area contributed by atoms with Crippen LogP contribution in [-0.2, 0) is 0 Å². The van der Waals surface area contributed by atoms with E-state index in [9.17, 15) is 4.79 Å². The largest absolute Gasteiger partial charge is 0.492 e. The SMILES string of the molecule is CCOc1ccc(-c2nc(N)sc2C(=O)O)cc1N. The van der Waals surface area contributed by atoms with Gasteiger partial charge in [0.1, 0.15) is 10.6 Å². The third-order valence-corrected chi connectivity index (χ3v) is 3.29. The van der Waals surface area contributed by atoms with Gasteiger partial charge in [-0.1, -0.05) is 11.3 Å². The number of aromatic nitrogens is 1. The summed E-state index contributed by atoms with van der Waals surface area (Å²) in [7, 11) is 0. The zero-order valence-electron chi connectivity index (χ0n) is 10.2. The van der Waals surface area contributed by atoms with Gasteiger partial charge in [-0.25, -0.2) is 9.78 Å². The van der Waals surface area contributed by atoms with E-state index in [-0.39, 0.29) is 10.0 Å². The maximum atomic E-state index is 11.1. The number of aromatic carboxylic acids is 1. The smallest absolute Gasteiger partial charge is 0.348 e. The third kappa shape index (κ3) is 2.60. The molecule has 0 aliphatic carbocycles. The first kappa shape index (κ1) is 13.2. The van der Waals surface area contributed by atoms with Gasteiger partial charge in [0.15, 0.2) is 5.13 Å². The summed E-state index contributed by atoms with van der Waals surface area (Å²) in [4.78, 5) is 15.3. The normalized spacial score (nSPS) is 10.4. The molecule has 2 rings (SSSR count). The van der Waals surface area contributed by atoms with Crippen molar-refractivity contribution < 1.29 is 14.6 Å². The Morgan fingerprint density at radius 2 is 2.21 bits per heavy atom. The fourth-order valence-electron chi connectivity index (χ4n) is 1.66. The average molecular weight is 279 g/mol. The van der Waals surface area contributed by atoms with Gasteiger partial charge in [-0.3, -0.25) is 0 Å². The molecule has 0 saturated carbocycles. The lowest BCUT2D eigenvalue weighted by Gasteiger charge is -2.08. The van der Waals surface area contributed by atoms with Crippen LogP contribution in [0.4, 0.5) is 10.8 Å². The summed E-state index contributed by atoms with van der Waals surface area (Å²) in [5.74, 6) is -0.497. The molecule has 0 aliphatic heterocycles. The second kappa shape index (κ2) is 5.15. The molecule has 2 aromatic rings. The van der Waals surface area contributed by atoms with Crippen molar-refractivity contribution >= 4 is 28.1 Å². The van der Waals surface area contributed by atoms with Crippen molar-refractivity contribution in [3.05, 3.63) is 23.1 Å². The van der Waals surface area contributed by atoms with Gasteiger partial charge in [-0.05, 0) is 25.1 Å². The van der Waals surface area contributed by atoms with Gasteiger partial charge < -0.3 is 21.3 Å². The van der Waals surface area contributed by atoms with Crippen molar-refractivity contribution in [2.24, 2.45) is 0 Å². The van der Waals surface area contributed by atoms with Gasteiger partial charge in [0.2, 0.25) is 0 Å². The van der Waals surface area contributed by atoms with Gasteiger partial charge in [0.05, 0.1) is 18.0 Å². The average Bonchev–Trinajstić information content (AvgIpc) is 2.74. The highest BCUT2D eigenvalue weighted by atomic mass is 32.1. The molecule has 5 N–H and O–H groups in total. The molecule has 0 aliphatic rings. The molecular weight excluding hydrogens is 266 g/mol. The van der Waals surface area contributed by atoms with E-state index in [0.29, 0.717) is 29.3 Å². The van der Waals surface area contributed by atoms with E-state index in [1.54, 1.807) is 18.2 Å². The number of carbonyl (C=O) groups is 1. The molecule has 0 atom stereocenters. The summed E-state index contributed by atoms with van der Waals surface area (Å²) in [6, 6.07) is 5.03. The number of nitrogens with two attached hydrogens (primary N) is 2. The van der Waals surface area contributed by atoms with Crippen molar-refractivity contribution in [1.82, 2.24) is 4.98 Å². The summed E-state index contributed by atoms with van der Waals surface area (Å²) < 4.78 is 5.33. The molecule has 0 bridgehead atoms. The summed E-state index contributed by atoms with van der Waals surface area (Å²) in [5.41, 5.74) is 12.8. The molecule has 0 spiro atoms. The second-order valence-electron chi connectivity index (χ2n) is 3.72. The van der Waals surface area contributed by atoms with E-state index in [0.717, 1.165) is 11.3 Å². The zero-order chi connectivity index (χ0) is 14.0. The van der Waals surface area contributed by atoms with E-state index in [4.69, 9.17) is 21.3 Å². The Hall–Kier alpha value is -2.28. The number of thiazole rings is 1. The number of anilines is 2. The highest BCUT2D eigenvalue weighted by Gasteiger charge is 2.18. The maximum Gasteiger partial charge on any atom is 0.348 e. The Bertz CT molecular complexity index is 625. The fraction of sp³-hybridized carbons (Fsp3) is 0.167. The molecule has 100 valence electrons. The van der Waals surface area contributed by atoms with Crippen LogP contribution in [0.2, 0.25) is 0 Å². The Kier molecular flexibility index (Phi) is 3.57. The number of rotatable bonds is 4. The second-order valence-corrected chi connectivity index (χ2v) is 4.75. The lowest BCUT2D eigenvalue weighted by atomic mass is 10.1. The van der Waals surface area contributed by atoms with Crippen molar-refractivity contribution in [2.75, 3.05) is 18.1 Å². The van der Waals surface area contributed by atoms with Crippen LogP contribution in [0.25, 0.3) is 11.3 Å². The number of ether oxygens (including phenoxy) is 1. The molecule has 1 heterocycles. The molecule has 1 aromatic carbocycles. The summed E-state index contributed by atoms with van der Waals surface area (Å²) >= 11 is 0.933. The van der Waals surface area contributed by atoms with Crippen molar-refractivity contribution in [3.8, 4) is 17.0 Å². The lowest BCUT2D eigenvalue weighted by Crippen LogP contribution is -1.99. The number of nitrogen functional groups attached to an aromatic ring is 2. The number of carboxylic acid groups (broad SMARTS) is 1. The molecule has 1 aromatic heterocycles. The van der Waals surface area contributed by atoms with Gasteiger partial charge >= 0.3 is 5.97 Å². The Morgan fingerprint density at radius 3 is 2.79 bits per heavy atom. The summed E-state index contributed by atoms with van der Waals surface area (Å²) in [6.07, 6.45) is 0. The standard InChI is InChI=1S/C12H13N3O3S/c1-2-18-8-4-3-6(5-7(8)13)9-10(11(16)17)19-12(14)15-9/h3-5H,2,13H2,1H3,(H2,14,15)(H,16,17). The van der Waals surface area contributed by atoms with Crippen LogP contribution in [-0.4, -0.2) is 22.7 Å². The molecule has 19 heavy (non-hydrogen) atoms. The van der Waals surface area contributed by atoms with Gasteiger partial charge in [-0.2, -0.15) is 0 Å². The first-order valence-corrected chi connectivity index (χ1v) is 6.36. The minimum absolute atomic E-state index is 0.0982. The first-order chi connectivity index (χ1) is 9.02. The number of nitrogens with zero attached hydrogens (tertiary/aromatic N) is 1. The van der Waals surface area contributed by atoms with E-state index >= 15 is 0 Å². The van der Waals surface area contributed by atoms with E-state index < -0.39 is 5.97 Å². The van der Waals surface area contributed by atoms with Crippen LogP contribution in [0, 0.1) is 0 Å². The van der Waals surface area contributed by atoms with Crippen LogP contribution < -0.4 is 16.2 Å². The van der Waals surface area contributed by atoms with Crippen molar-refractivity contribution in [3.63, 3.8) is 0 Å². The van der Waals surface area contributed by atoms with Crippen LogP contribution in [0.15, 0.2) is 18.2 Å². The van der Waals surface area contributed by atoms with Crippen molar-refractivity contribution in [2.45, 2.75) is 6.92 Å². The fourth-order valence-corrected chi connectivity index (χ4v) is 2.35. The number of carboxylic acids is 1. The Balaban J connectivity index is 2.48. The Morgan fingerprint density at radius 1 is 1.47 bits per heavy atom. The van der Waals surface area contributed by atoms with Crippen LogP contribution in [0.5, 0.6) is 5.75 Å². The van der Waals surface area contributed by atoms with Gasteiger partial charge in [-0.15, -0.1) is 0 Å². The van der Waals surface area contributed by atoms with Gasteiger partial charge in [0, 0.05) is 5.56 Å². The highest BCUT2D eigenvalue weighted by molar-refractivity contribution is 7.17. The molecule has 7 heteroatoms.